The van der Waals surface area contributed by atoms with Crippen molar-refractivity contribution in [2.45, 2.75) is 39.3 Å². The van der Waals surface area contributed by atoms with Gasteiger partial charge in [-0.25, -0.2) is 0 Å². The number of likely N-dealkylation sites (N-methyl/N-ethyl adjacent to an activating group) is 1. The van der Waals surface area contributed by atoms with E-state index < -0.39 is 0 Å². The highest BCUT2D eigenvalue weighted by molar-refractivity contribution is 14.0. The van der Waals surface area contributed by atoms with Gasteiger partial charge in [-0.05, 0) is 51.1 Å². The number of hydrogen-bond acceptors (Lipinski definition) is 5. The molecule has 0 aliphatic heterocycles. The van der Waals surface area contributed by atoms with E-state index in [1.165, 1.54) is 0 Å². The average Bonchev–Trinajstić information content (AvgIpc) is 2.71. The fourth-order valence-electron chi connectivity index (χ4n) is 3.23. The number of methoxy groups -OCH3 is 2. The van der Waals surface area contributed by atoms with Crippen molar-refractivity contribution in [1.29, 1.82) is 0 Å². The van der Waals surface area contributed by atoms with Crippen molar-refractivity contribution >= 4 is 29.9 Å². The Balaban J connectivity index is 0.00000841. The fraction of sp³-hybridized carbons (Fsp3) is 0.682. The summed E-state index contributed by atoms with van der Waals surface area (Å²) in [6.45, 7) is 8.69. The summed E-state index contributed by atoms with van der Waals surface area (Å²) in [6.07, 6.45) is 1.20. The smallest absolute Gasteiger partial charge is 0.191 e. The molecule has 1 aromatic carbocycles. The molecule has 2 atom stereocenters. The highest BCUT2D eigenvalue weighted by Gasteiger charge is 2.18. The lowest BCUT2D eigenvalue weighted by molar-refractivity contribution is 0.0258. The van der Waals surface area contributed by atoms with Crippen molar-refractivity contribution in [1.82, 2.24) is 15.5 Å². The van der Waals surface area contributed by atoms with Gasteiger partial charge < -0.3 is 29.7 Å². The minimum Gasteiger partial charge on any atom is -0.493 e. The second kappa shape index (κ2) is 15.5. The maximum absolute atomic E-state index is 5.82. The molecule has 0 saturated carbocycles. The predicted molar refractivity (Wildman–Crippen MR) is 136 cm³/mol. The zero-order valence-electron chi connectivity index (χ0n) is 19.8. The predicted octanol–water partition coefficient (Wildman–Crippen LogP) is 3.54. The maximum Gasteiger partial charge on any atom is 0.191 e. The van der Waals surface area contributed by atoms with Gasteiger partial charge in [0.05, 0.1) is 26.4 Å². The summed E-state index contributed by atoms with van der Waals surface area (Å²) in [6, 6.07) is 6.19. The number of nitrogens with one attached hydrogen (secondary N) is 2. The molecule has 0 aromatic heterocycles. The number of aliphatic imine (C=N–C) groups is 1. The molecule has 2 unspecified atom stereocenters. The van der Waals surface area contributed by atoms with Crippen LogP contribution in [0.3, 0.4) is 0 Å². The molecule has 0 fully saturated rings. The molecule has 8 heteroatoms. The van der Waals surface area contributed by atoms with E-state index >= 15 is 0 Å². The molecule has 2 N–H and O–H groups in total. The van der Waals surface area contributed by atoms with Crippen molar-refractivity contribution in [3.8, 4) is 11.5 Å². The van der Waals surface area contributed by atoms with Gasteiger partial charge in [-0.1, -0.05) is 19.9 Å². The van der Waals surface area contributed by atoms with E-state index in [2.05, 4.69) is 54.5 Å². The Morgan fingerprint density at radius 2 is 1.77 bits per heavy atom. The van der Waals surface area contributed by atoms with Crippen LogP contribution in [0.5, 0.6) is 11.5 Å². The highest BCUT2D eigenvalue weighted by Crippen LogP contribution is 2.31. The Morgan fingerprint density at radius 3 is 2.27 bits per heavy atom. The number of guanidine groups is 1. The summed E-state index contributed by atoms with van der Waals surface area (Å²) in [5.74, 6) is 2.74. The SMILES string of the molecule is CCOC(CCNC(=NC)NCC(c1ccc(OC)c(OC)c1)N(C)C)C(C)C.I. The van der Waals surface area contributed by atoms with Crippen molar-refractivity contribution in [3.05, 3.63) is 23.8 Å². The molecule has 1 rings (SSSR count). The van der Waals surface area contributed by atoms with Crippen molar-refractivity contribution in [2.75, 3.05) is 55.1 Å². The minimum atomic E-state index is 0. The molecule has 0 aliphatic rings. The third-order valence-electron chi connectivity index (χ3n) is 4.95. The zero-order chi connectivity index (χ0) is 21.8. The molecule has 0 bridgehead atoms. The Kier molecular flexibility index (Phi) is 14.9. The fourth-order valence-corrected chi connectivity index (χ4v) is 3.23. The molecule has 1 aromatic rings. The third kappa shape index (κ3) is 9.26. The second-order valence-corrected chi connectivity index (χ2v) is 7.50. The van der Waals surface area contributed by atoms with Gasteiger partial charge in [-0.2, -0.15) is 0 Å². The van der Waals surface area contributed by atoms with Gasteiger partial charge in [0.1, 0.15) is 0 Å². The second-order valence-electron chi connectivity index (χ2n) is 7.50. The van der Waals surface area contributed by atoms with E-state index in [-0.39, 0.29) is 36.1 Å². The van der Waals surface area contributed by atoms with Crippen LogP contribution in [0.2, 0.25) is 0 Å². The van der Waals surface area contributed by atoms with Crippen LogP contribution in [-0.2, 0) is 4.74 Å². The van der Waals surface area contributed by atoms with Crippen molar-refractivity contribution < 1.29 is 14.2 Å². The summed E-state index contributed by atoms with van der Waals surface area (Å²) in [5.41, 5.74) is 1.15. The molecular weight excluding hydrogens is 495 g/mol. The first-order valence-corrected chi connectivity index (χ1v) is 10.3. The summed E-state index contributed by atoms with van der Waals surface area (Å²) < 4.78 is 16.6. The molecule has 0 saturated heterocycles. The standard InChI is InChI=1S/C22H40N4O3.HI/c1-9-29-19(16(2)3)12-13-24-22(23-4)25-15-18(26(5)6)17-10-11-20(27-7)21(14-17)28-8;/h10-11,14,16,18-19H,9,12-13,15H2,1-8H3,(H2,23,24,25);1H. The molecule has 174 valence electrons. The number of rotatable bonds is 12. The zero-order valence-corrected chi connectivity index (χ0v) is 22.2. The minimum absolute atomic E-state index is 0. The van der Waals surface area contributed by atoms with E-state index in [0.717, 1.165) is 42.6 Å². The highest BCUT2D eigenvalue weighted by atomic mass is 127. The van der Waals surface area contributed by atoms with Gasteiger partial charge in [0.25, 0.3) is 0 Å². The van der Waals surface area contributed by atoms with Crippen LogP contribution in [0.4, 0.5) is 0 Å². The number of benzene rings is 1. The molecule has 0 radical (unpaired) electrons. The molecule has 30 heavy (non-hydrogen) atoms. The van der Waals surface area contributed by atoms with Gasteiger partial charge in [-0.3, -0.25) is 4.99 Å². The maximum atomic E-state index is 5.82. The molecule has 0 aliphatic carbocycles. The number of nitrogens with zero attached hydrogens (tertiary/aromatic N) is 2. The van der Waals surface area contributed by atoms with Crippen LogP contribution in [0.1, 0.15) is 38.8 Å². The lowest BCUT2D eigenvalue weighted by atomic mass is 10.0. The van der Waals surface area contributed by atoms with Crippen LogP contribution in [-0.4, -0.2) is 72.0 Å². The lowest BCUT2D eigenvalue weighted by Crippen LogP contribution is -2.42. The Bertz CT molecular complexity index is 626. The quantitative estimate of drug-likeness (QED) is 0.242. The van der Waals surface area contributed by atoms with Gasteiger partial charge in [0, 0.05) is 26.7 Å². The van der Waals surface area contributed by atoms with Crippen LogP contribution in [0, 0.1) is 5.92 Å². The first-order chi connectivity index (χ1) is 13.9. The normalized spacial score (nSPS) is 13.6. The Morgan fingerprint density at radius 1 is 1.10 bits per heavy atom. The Labute approximate surface area is 200 Å². The van der Waals surface area contributed by atoms with Crippen molar-refractivity contribution in [2.24, 2.45) is 10.9 Å². The number of hydrogen-bond donors (Lipinski definition) is 2. The van der Waals surface area contributed by atoms with Gasteiger partial charge in [0.2, 0.25) is 0 Å². The topological polar surface area (TPSA) is 67.3 Å². The monoisotopic (exact) mass is 536 g/mol. The Hall–Kier alpha value is -1.26. The van der Waals surface area contributed by atoms with Crippen LogP contribution >= 0.6 is 24.0 Å². The molecule has 0 heterocycles. The van der Waals surface area contributed by atoms with E-state index in [1.54, 1.807) is 21.3 Å². The molecule has 7 nitrogen and oxygen atoms in total. The first kappa shape index (κ1) is 28.7. The largest absolute Gasteiger partial charge is 0.493 e. The van der Waals surface area contributed by atoms with E-state index in [0.29, 0.717) is 12.5 Å². The summed E-state index contributed by atoms with van der Waals surface area (Å²) in [4.78, 5) is 6.52. The van der Waals surface area contributed by atoms with Crippen LogP contribution < -0.4 is 20.1 Å². The number of halogens is 1. The van der Waals surface area contributed by atoms with Gasteiger partial charge in [-0.15, -0.1) is 24.0 Å². The molecular formula is C22H41IN4O3. The van der Waals surface area contributed by atoms with Crippen LogP contribution in [0.25, 0.3) is 0 Å². The van der Waals surface area contributed by atoms with E-state index in [1.807, 2.05) is 19.1 Å². The van der Waals surface area contributed by atoms with Crippen molar-refractivity contribution in [3.63, 3.8) is 0 Å². The van der Waals surface area contributed by atoms with Gasteiger partial charge in [0.15, 0.2) is 17.5 Å². The van der Waals surface area contributed by atoms with Crippen LogP contribution in [0.15, 0.2) is 23.2 Å². The first-order valence-electron chi connectivity index (χ1n) is 10.3. The van der Waals surface area contributed by atoms with Gasteiger partial charge >= 0.3 is 0 Å². The summed E-state index contributed by atoms with van der Waals surface area (Å²) >= 11 is 0. The summed E-state index contributed by atoms with van der Waals surface area (Å²) in [7, 11) is 9.22. The lowest BCUT2D eigenvalue weighted by Gasteiger charge is -2.27. The molecule has 0 amide bonds. The van der Waals surface area contributed by atoms with E-state index in [9.17, 15) is 0 Å². The summed E-state index contributed by atoms with van der Waals surface area (Å²) in [5, 5.41) is 6.83. The number of ether oxygens (including phenoxy) is 3. The average molecular weight is 536 g/mol. The van der Waals surface area contributed by atoms with E-state index in [4.69, 9.17) is 14.2 Å². The third-order valence-corrected chi connectivity index (χ3v) is 4.95. The molecule has 0 spiro atoms.